The molecule has 7 nitrogen and oxygen atoms in total. The van der Waals surface area contributed by atoms with Crippen LogP contribution in [0.2, 0.25) is 5.02 Å². The van der Waals surface area contributed by atoms with Crippen molar-refractivity contribution in [1.82, 2.24) is 15.4 Å². The summed E-state index contributed by atoms with van der Waals surface area (Å²) in [6.45, 7) is 0.233. The van der Waals surface area contributed by atoms with E-state index < -0.39 is 17.7 Å². The van der Waals surface area contributed by atoms with Crippen molar-refractivity contribution >= 4 is 50.9 Å². The van der Waals surface area contributed by atoms with Crippen molar-refractivity contribution in [1.29, 1.82) is 0 Å². The van der Waals surface area contributed by atoms with Gasteiger partial charge in [0, 0.05) is 41.4 Å². The van der Waals surface area contributed by atoms with Crippen molar-refractivity contribution in [2.75, 3.05) is 11.4 Å². The van der Waals surface area contributed by atoms with E-state index in [1.807, 2.05) is 0 Å². The van der Waals surface area contributed by atoms with Crippen LogP contribution in [0.15, 0.2) is 41.0 Å². The van der Waals surface area contributed by atoms with Gasteiger partial charge in [0.25, 0.3) is 5.91 Å². The number of carbonyl (C=O) groups excluding carboxylic acids is 3. The van der Waals surface area contributed by atoms with Crippen LogP contribution in [0, 0.1) is 5.92 Å². The Bertz CT molecular complexity index is 883. The van der Waals surface area contributed by atoms with E-state index in [9.17, 15) is 14.4 Å². The number of halogens is 2. The Morgan fingerprint density at radius 3 is 2.69 bits per heavy atom. The van der Waals surface area contributed by atoms with E-state index in [0.717, 1.165) is 4.47 Å². The molecule has 0 saturated carbocycles. The summed E-state index contributed by atoms with van der Waals surface area (Å²) in [6.07, 6.45) is 1.80. The second-order valence-corrected chi connectivity index (χ2v) is 7.34. The standard InChI is InChI=1S/C17H16BrClN4O3/c1-22-9-11(18)6-14(22)17(26)21-20-16(25)10-5-15(24)23(8-10)13-4-2-3-12(19)7-13/h2-4,6-7,9-10H,5,8H2,1H3,(H,20,25)(H,21,26). The molecule has 3 rings (SSSR count). The number of hydrazine groups is 1. The third-order valence-corrected chi connectivity index (χ3v) is 4.79. The van der Waals surface area contributed by atoms with E-state index in [1.54, 1.807) is 48.1 Å². The molecule has 0 bridgehead atoms. The zero-order valence-corrected chi connectivity index (χ0v) is 16.2. The fourth-order valence-electron chi connectivity index (χ4n) is 2.81. The predicted molar refractivity (Wildman–Crippen MR) is 101 cm³/mol. The minimum Gasteiger partial charge on any atom is -0.345 e. The molecule has 1 atom stereocenters. The topological polar surface area (TPSA) is 83.4 Å². The van der Waals surface area contributed by atoms with Gasteiger partial charge in [0.15, 0.2) is 0 Å². The number of nitrogens with zero attached hydrogens (tertiary/aromatic N) is 2. The number of rotatable bonds is 3. The summed E-state index contributed by atoms with van der Waals surface area (Å²) >= 11 is 9.24. The zero-order chi connectivity index (χ0) is 18.8. The predicted octanol–water partition coefficient (Wildman–Crippen LogP) is 2.26. The number of amides is 3. The van der Waals surface area contributed by atoms with Crippen LogP contribution in [0.1, 0.15) is 16.9 Å². The summed E-state index contributed by atoms with van der Waals surface area (Å²) in [7, 11) is 1.72. The number of hydrogen-bond acceptors (Lipinski definition) is 3. The highest BCUT2D eigenvalue weighted by Crippen LogP contribution is 2.27. The Morgan fingerprint density at radius 2 is 2.04 bits per heavy atom. The summed E-state index contributed by atoms with van der Waals surface area (Å²) in [5.74, 6) is -1.57. The van der Waals surface area contributed by atoms with Crippen LogP contribution in [0.3, 0.4) is 0 Å². The zero-order valence-electron chi connectivity index (χ0n) is 13.8. The van der Waals surface area contributed by atoms with Crippen LogP contribution in [0.5, 0.6) is 0 Å². The van der Waals surface area contributed by atoms with Gasteiger partial charge in [0.2, 0.25) is 11.8 Å². The molecule has 1 aromatic carbocycles. The van der Waals surface area contributed by atoms with Crippen LogP contribution in [-0.2, 0) is 16.6 Å². The van der Waals surface area contributed by atoms with E-state index in [-0.39, 0.29) is 18.9 Å². The molecular weight excluding hydrogens is 424 g/mol. The lowest BCUT2D eigenvalue weighted by Crippen LogP contribution is -2.45. The summed E-state index contributed by atoms with van der Waals surface area (Å²) in [5.41, 5.74) is 5.81. The first-order valence-corrected chi connectivity index (χ1v) is 9.00. The maximum atomic E-state index is 12.3. The van der Waals surface area contributed by atoms with Gasteiger partial charge in [-0.1, -0.05) is 17.7 Å². The Kier molecular flexibility index (Phi) is 5.33. The molecule has 2 heterocycles. The van der Waals surface area contributed by atoms with Gasteiger partial charge in [-0.05, 0) is 40.2 Å². The second-order valence-electron chi connectivity index (χ2n) is 5.98. The van der Waals surface area contributed by atoms with Gasteiger partial charge in [-0.2, -0.15) is 0 Å². The Hall–Kier alpha value is -2.32. The average molecular weight is 440 g/mol. The summed E-state index contributed by atoms with van der Waals surface area (Å²) in [6, 6.07) is 8.54. The summed E-state index contributed by atoms with van der Waals surface area (Å²) in [4.78, 5) is 38.2. The molecule has 1 fully saturated rings. The molecule has 1 unspecified atom stereocenters. The van der Waals surface area contributed by atoms with Crippen molar-refractivity contribution < 1.29 is 14.4 Å². The normalized spacial score (nSPS) is 16.7. The molecule has 0 spiro atoms. The average Bonchev–Trinajstić information content (AvgIpc) is 3.14. The molecule has 0 radical (unpaired) electrons. The Balaban J connectivity index is 1.60. The monoisotopic (exact) mass is 438 g/mol. The number of hydrogen-bond donors (Lipinski definition) is 2. The Labute approximate surface area is 163 Å². The van der Waals surface area contributed by atoms with E-state index in [2.05, 4.69) is 26.8 Å². The van der Waals surface area contributed by atoms with Crippen molar-refractivity contribution in [3.63, 3.8) is 0 Å². The molecule has 0 aliphatic carbocycles. The van der Waals surface area contributed by atoms with Gasteiger partial charge >= 0.3 is 0 Å². The van der Waals surface area contributed by atoms with Crippen molar-refractivity contribution in [2.24, 2.45) is 13.0 Å². The molecule has 1 saturated heterocycles. The second kappa shape index (κ2) is 7.51. The van der Waals surface area contributed by atoms with Crippen LogP contribution >= 0.6 is 27.5 Å². The third-order valence-electron chi connectivity index (χ3n) is 4.12. The number of aromatic nitrogens is 1. The van der Waals surface area contributed by atoms with Crippen LogP contribution in [-0.4, -0.2) is 28.8 Å². The number of benzene rings is 1. The minimum absolute atomic E-state index is 0.0733. The summed E-state index contributed by atoms with van der Waals surface area (Å²) in [5, 5.41) is 0.518. The Morgan fingerprint density at radius 1 is 1.27 bits per heavy atom. The van der Waals surface area contributed by atoms with Gasteiger partial charge in [-0.15, -0.1) is 0 Å². The number of anilines is 1. The van der Waals surface area contributed by atoms with Crippen LogP contribution < -0.4 is 15.8 Å². The molecule has 1 aromatic heterocycles. The van der Waals surface area contributed by atoms with Gasteiger partial charge in [-0.3, -0.25) is 25.2 Å². The third kappa shape index (κ3) is 3.91. The molecule has 1 aliphatic rings. The van der Waals surface area contributed by atoms with Gasteiger partial charge in [-0.25, -0.2) is 0 Å². The highest BCUT2D eigenvalue weighted by molar-refractivity contribution is 9.10. The fourth-order valence-corrected chi connectivity index (χ4v) is 3.52. The number of carbonyl (C=O) groups is 3. The van der Waals surface area contributed by atoms with Crippen LogP contribution in [0.4, 0.5) is 5.69 Å². The van der Waals surface area contributed by atoms with Crippen molar-refractivity contribution in [3.05, 3.63) is 51.7 Å². The van der Waals surface area contributed by atoms with Crippen molar-refractivity contribution in [3.8, 4) is 0 Å². The lowest BCUT2D eigenvalue weighted by molar-refractivity contribution is -0.126. The first kappa shape index (κ1) is 18.5. The number of aryl methyl sites for hydroxylation is 1. The molecule has 2 N–H and O–H groups in total. The first-order chi connectivity index (χ1) is 12.3. The molecule has 9 heteroatoms. The highest BCUT2D eigenvalue weighted by Gasteiger charge is 2.35. The first-order valence-electron chi connectivity index (χ1n) is 7.83. The maximum Gasteiger partial charge on any atom is 0.286 e. The quantitative estimate of drug-likeness (QED) is 0.720. The SMILES string of the molecule is Cn1cc(Br)cc1C(=O)NNC(=O)C1CC(=O)N(c2cccc(Cl)c2)C1. The smallest absolute Gasteiger partial charge is 0.286 e. The fraction of sp³-hybridized carbons (Fsp3) is 0.235. The molecule has 1 aliphatic heterocycles. The highest BCUT2D eigenvalue weighted by atomic mass is 79.9. The van der Waals surface area contributed by atoms with E-state index >= 15 is 0 Å². The lowest BCUT2D eigenvalue weighted by atomic mass is 10.1. The van der Waals surface area contributed by atoms with Crippen molar-refractivity contribution in [2.45, 2.75) is 6.42 Å². The van der Waals surface area contributed by atoms with E-state index in [0.29, 0.717) is 16.4 Å². The van der Waals surface area contributed by atoms with E-state index in [4.69, 9.17) is 11.6 Å². The molecule has 2 aromatic rings. The van der Waals surface area contributed by atoms with Gasteiger partial charge in [0.05, 0.1) is 5.92 Å². The molecular formula is C17H16BrClN4O3. The lowest BCUT2D eigenvalue weighted by Gasteiger charge is -2.17. The minimum atomic E-state index is -0.554. The summed E-state index contributed by atoms with van der Waals surface area (Å²) < 4.78 is 2.39. The molecule has 136 valence electrons. The molecule has 3 amide bonds. The van der Waals surface area contributed by atoms with Gasteiger partial charge < -0.3 is 9.47 Å². The largest absolute Gasteiger partial charge is 0.345 e. The van der Waals surface area contributed by atoms with Crippen LogP contribution in [0.25, 0.3) is 0 Å². The maximum absolute atomic E-state index is 12.3. The molecule has 26 heavy (non-hydrogen) atoms. The number of nitrogens with one attached hydrogen (secondary N) is 2. The van der Waals surface area contributed by atoms with E-state index in [1.165, 1.54) is 4.90 Å². The van der Waals surface area contributed by atoms with Gasteiger partial charge in [0.1, 0.15) is 5.69 Å².